The molecule has 1 N–H and O–H groups in total. The first kappa shape index (κ1) is 16.1. The van der Waals surface area contributed by atoms with Crippen molar-refractivity contribution in [2.24, 2.45) is 0 Å². The highest BCUT2D eigenvalue weighted by molar-refractivity contribution is 7.89. The Morgan fingerprint density at radius 3 is 2.10 bits per heavy atom. The molecule has 108 valence electrons. The molecule has 1 aromatic carbocycles. The summed E-state index contributed by atoms with van der Waals surface area (Å²) in [4.78, 5) is 13.9. The molecule has 0 saturated heterocycles. The molecule has 0 bridgehead atoms. The third kappa shape index (κ3) is 3.79. The first-order valence-electron chi connectivity index (χ1n) is 6.01. The lowest BCUT2D eigenvalue weighted by atomic mass is 10.2. The first-order chi connectivity index (χ1) is 9.46. The van der Waals surface area contributed by atoms with Gasteiger partial charge in [0, 0.05) is 18.7 Å². The smallest absolute Gasteiger partial charge is 0.254 e. The molecule has 0 spiro atoms. The summed E-state index contributed by atoms with van der Waals surface area (Å²) in [7, 11) is -2.15. The van der Waals surface area contributed by atoms with Crippen molar-refractivity contribution in [1.29, 1.82) is 0 Å². The van der Waals surface area contributed by atoms with E-state index in [-0.39, 0.29) is 10.8 Å². The van der Waals surface area contributed by atoms with E-state index in [0.717, 1.165) is 0 Å². The number of benzene rings is 1. The number of nitrogens with one attached hydrogen (secondary N) is 1. The number of carbonyl (C=O) groups is 1. The van der Waals surface area contributed by atoms with Gasteiger partial charge in [-0.25, -0.2) is 13.1 Å². The number of sulfonamides is 1. The van der Waals surface area contributed by atoms with Crippen molar-refractivity contribution in [2.75, 3.05) is 20.1 Å². The molecule has 0 aromatic heterocycles. The second kappa shape index (κ2) is 7.02. The quantitative estimate of drug-likeness (QED) is 0.773. The zero-order chi connectivity index (χ0) is 15.2. The van der Waals surface area contributed by atoms with Gasteiger partial charge in [-0.3, -0.25) is 4.79 Å². The molecular formula is C14H18N2O3S. The fourth-order valence-corrected chi connectivity index (χ4v) is 2.36. The molecular weight excluding hydrogens is 276 g/mol. The van der Waals surface area contributed by atoms with Gasteiger partial charge in [0.15, 0.2) is 0 Å². The Labute approximate surface area is 119 Å². The molecule has 0 unspecified atom stereocenters. The minimum atomic E-state index is -3.49. The lowest BCUT2D eigenvalue weighted by Gasteiger charge is -2.19. The van der Waals surface area contributed by atoms with Crippen molar-refractivity contribution in [3.8, 4) is 0 Å². The van der Waals surface area contributed by atoms with E-state index in [2.05, 4.69) is 17.9 Å². The maximum atomic E-state index is 12.2. The van der Waals surface area contributed by atoms with Gasteiger partial charge in [0.25, 0.3) is 5.91 Å². The lowest BCUT2D eigenvalue weighted by molar-refractivity contribution is 0.0790. The summed E-state index contributed by atoms with van der Waals surface area (Å²) in [5.74, 6) is -0.196. The van der Waals surface area contributed by atoms with Crippen LogP contribution in [-0.2, 0) is 10.0 Å². The molecule has 0 aliphatic carbocycles. The molecule has 20 heavy (non-hydrogen) atoms. The van der Waals surface area contributed by atoms with Crippen LogP contribution in [0.3, 0.4) is 0 Å². The highest BCUT2D eigenvalue weighted by Gasteiger charge is 2.15. The Balaban J connectivity index is 3.00. The van der Waals surface area contributed by atoms with Crippen LogP contribution in [0.25, 0.3) is 0 Å². The molecule has 0 atom stereocenters. The summed E-state index contributed by atoms with van der Waals surface area (Å²) in [5, 5.41) is 0. The molecule has 0 fully saturated rings. The summed E-state index contributed by atoms with van der Waals surface area (Å²) in [6.45, 7) is 8.01. The van der Waals surface area contributed by atoms with Crippen molar-refractivity contribution in [3.05, 3.63) is 55.1 Å². The summed E-state index contributed by atoms with van der Waals surface area (Å²) >= 11 is 0. The van der Waals surface area contributed by atoms with E-state index in [1.165, 1.54) is 31.3 Å². The van der Waals surface area contributed by atoms with Crippen LogP contribution >= 0.6 is 0 Å². The average molecular weight is 294 g/mol. The minimum Gasteiger partial charge on any atom is -0.331 e. The Bertz CT molecular complexity index is 581. The number of amides is 1. The van der Waals surface area contributed by atoms with Crippen LogP contribution in [0.2, 0.25) is 0 Å². The zero-order valence-corrected chi connectivity index (χ0v) is 12.2. The second-order valence-electron chi connectivity index (χ2n) is 4.02. The van der Waals surface area contributed by atoms with E-state index < -0.39 is 10.0 Å². The van der Waals surface area contributed by atoms with Crippen LogP contribution in [0.5, 0.6) is 0 Å². The van der Waals surface area contributed by atoms with Crippen LogP contribution in [0.15, 0.2) is 54.5 Å². The molecule has 1 rings (SSSR count). The highest BCUT2D eigenvalue weighted by Crippen LogP contribution is 2.12. The maximum absolute atomic E-state index is 12.2. The Morgan fingerprint density at radius 1 is 1.20 bits per heavy atom. The van der Waals surface area contributed by atoms with Crippen LogP contribution in [-0.4, -0.2) is 39.4 Å². The zero-order valence-electron chi connectivity index (χ0n) is 11.4. The molecule has 1 aromatic rings. The molecule has 0 aliphatic rings. The maximum Gasteiger partial charge on any atom is 0.254 e. The monoisotopic (exact) mass is 294 g/mol. The van der Waals surface area contributed by atoms with Crippen LogP contribution in [0, 0.1) is 0 Å². The van der Waals surface area contributed by atoms with Gasteiger partial charge in [0.2, 0.25) is 10.0 Å². The van der Waals surface area contributed by atoms with Gasteiger partial charge in [-0.2, -0.15) is 0 Å². The molecule has 5 nitrogen and oxygen atoms in total. The molecule has 1 amide bonds. The number of hydrogen-bond donors (Lipinski definition) is 1. The van der Waals surface area contributed by atoms with E-state index >= 15 is 0 Å². The summed E-state index contributed by atoms with van der Waals surface area (Å²) in [6, 6.07) is 5.79. The highest BCUT2D eigenvalue weighted by atomic mass is 32.2. The van der Waals surface area contributed by atoms with Gasteiger partial charge in [-0.1, -0.05) is 12.2 Å². The Kier molecular flexibility index (Phi) is 5.66. The van der Waals surface area contributed by atoms with Crippen molar-refractivity contribution < 1.29 is 13.2 Å². The third-order valence-corrected chi connectivity index (χ3v) is 4.10. The van der Waals surface area contributed by atoms with E-state index in [4.69, 9.17) is 0 Å². The summed E-state index contributed by atoms with van der Waals surface area (Å²) in [5.41, 5.74) is 0.420. The number of hydrogen-bond acceptors (Lipinski definition) is 3. The van der Waals surface area contributed by atoms with Crippen molar-refractivity contribution in [2.45, 2.75) is 4.90 Å². The molecule has 0 aliphatic heterocycles. The molecule has 0 heterocycles. The molecule has 0 radical (unpaired) electrons. The van der Waals surface area contributed by atoms with Gasteiger partial charge in [-0.15, -0.1) is 13.2 Å². The van der Waals surface area contributed by atoms with Crippen LogP contribution in [0.1, 0.15) is 10.4 Å². The normalized spacial score (nSPS) is 10.8. The van der Waals surface area contributed by atoms with Gasteiger partial charge >= 0.3 is 0 Å². The van der Waals surface area contributed by atoms with E-state index in [9.17, 15) is 13.2 Å². The van der Waals surface area contributed by atoms with Crippen molar-refractivity contribution >= 4 is 15.9 Å². The van der Waals surface area contributed by atoms with Gasteiger partial charge in [0.1, 0.15) is 0 Å². The molecule has 6 heteroatoms. The van der Waals surface area contributed by atoms with Gasteiger partial charge in [-0.05, 0) is 31.3 Å². The number of rotatable bonds is 7. The van der Waals surface area contributed by atoms with Crippen LogP contribution in [0.4, 0.5) is 0 Å². The standard InChI is InChI=1S/C14H18N2O3S/c1-4-10-16(11-5-2)14(17)12-6-8-13(9-7-12)20(18,19)15-3/h4-9,15H,1-2,10-11H2,3H3. The Hall–Kier alpha value is -1.92. The van der Waals surface area contributed by atoms with E-state index in [1.54, 1.807) is 17.1 Å². The first-order valence-corrected chi connectivity index (χ1v) is 7.49. The average Bonchev–Trinajstić information content (AvgIpc) is 2.46. The third-order valence-electron chi connectivity index (χ3n) is 2.67. The second-order valence-corrected chi connectivity index (χ2v) is 5.91. The van der Waals surface area contributed by atoms with Crippen LogP contribution < -0.4 is 4.72 Å². The predicted molar refractivity (Wildman–Crippen MR) is 79.0 cm³/mol. The topological polar surface area (TPSA) is 66.5 Å². The lowest BCUT2D eigenvalue weighted by Crippen LogP contribution is -2.31. The van der Waals surface area contributed by atoms with Crippen molar-refractivity contribution in [1.82, 2.24) is 9.62 Å². The minimum absolute atomic E-state index is 0.121. The van der Waals surface area contributed by atoms with Gasteiger partial charge < -0.3 is 4.90 Å². The largest absolute Gasteiger partial charge is 0.331 e. The summed E-state index contributed by atoms with van der Waals surface area (Å²) < 4.78 is 25.4. The SMILES string of the molecule is C=CCN(CC=C)C(=O)c1ccc(S(=O)(=O)NC)cc1. The fraction of sp³-hybridized carbons (Fsp3) is 0.214. The predicted octanol–water partition coefficient (Wildman–Crippen LogP) is 1.41. The molecule has 0 saturated carbocycles. The number of nitrogens with zero attached hydrogens (tertiary/aromatic N) is 1. The van der Waals surface area contributed by atoms with E-state index in [1.807, 2.05) is 0 Å². The van der Waals surface area contributed by atoms with E-state index in [0.29, 0.717) is 18.7 Å². The fourth-order valence-electron chi connectivity index (χ4n) is 1.63. The van der Waals surface area contributed by atoms with Crippen molar-refractivity contribution in [3.63, 3.8) is 0 Å². The summed E-state index contributed by atoms with van der Waals surface area (Å²) in [6.07, 6.45) is 3.25. The number of carbonyl (C=O) groups excluding carboxylic acids is 1. The Morgan fingerprint density at radius 2 is 1.70 bits per heavy atom. The van der Waals surface area contributed by atoms with Gasteiger partial charge in [0.05, 0.1) is 4.90 Å².